The minimum Gasteiger partial charge on any atom is -0.366 e. The number of fused-ring (bicyclic) bond motifs is 1. The fourth-order valence-corrected chi connectivity index (χ4v) is 3.54. The van der Waals surface area contributed by atoms with Gasteiger partial charge in [0.05, 0.1) is 23.6 Å². The molecule has 7 heteroatoms. The Balaban J connectivity index is 1.57. The molecule has 0 aliphatic rings. The molecule has 3 aromatic rings. The van der Waals surface area contributed by atoms with E-state index in [1.807, 2.05) is 37.3 Å². The number of pyridine rings is 1. The van der Waals surface area contributed by atoms with Gasteiger partial charge in [-0.05, 0) is 58.5 Å². The summed E-state index contributed by atoms with van der Waals surface area (Å²) in [6.45, 7) is 11.7. The van der Waals surface area contributed by atoms with Gasteiger partial charge in [0.1, 0.15) is 11.5 Å². The normalized spacial score (nSPS) is 12.2. The van der Waals surface area contributed by atoms with E-state index >= 15 is 0 Å². The molecule has 1 aromatic carbocycles. The lowest BCUT2D eigenvalue weighted by Gasteiger charge is -2.20. The SMILES string of the molecule is CCN(CC)CCCC(C)Nc1cnc(C(=O)Nc2cccc3ccc(C)nc23)cn1. The summed E-state index contributed by atoms with van der Waals surface area (Å²) in [5, 5.41) is 7.25. The van der Waals surface area contributed by atoms with Crippen LogP contribution in [0.5, 0.6) is 0 Å². The van der Waals surface area contributed by atoms with E-state index in [-0.39, 0.29) is 17.6 Å². The van der Waals surface area contributed by atoms with E-state index < -0.39 is 0 Å². The van der Waals surface area contributed by atoms with Crippen molar-refractivity contribution in [1.82, 2.24) is 19.9 Å². The van der Waals surface area contributed by atoms with Gasteiger partial charge in [-0.1, -0.05) is 32.0 Å². The first-order valence-electron chi connectivity index (χ1n) is 11.0. The maximum absolute atomic E-state index is 12.7. The molecule has 0 saturated carbocycles. The second-order valence-electron chi connectivity index (χ2n) is 7.79. The molecule has 2 heterocycles. The van der Waals surface area contributed by atoms with Crippen LogP contribution in [0.3, 0.4) is 0 Å². The lowest BCUT2D eigenvalue weighted by atomic mass is 10.1. The molecule has 3 rings (SSSR count). The van der Waals surface area contributed by atoms with Crippen LogP contribution in [-0.2, 0) is 0 Å². The molecule has 0 fully saturated rings. The summed E-state index contributed by atoms with van der Waals surface area (Å²) >= 11 is 0. The molecule has 0 saturated heterocycles. The van der Waals surface area contributed by atoms with E-state index in [9.17, 15) is 4.79 Å². The Bertz CT molecular complexity index is 1000. The fourth-order valence-electron chi connectivity index (χ4n) is 3.54. The second kappa shape index (κ2) is 10.8. The lowest BCUT2D eigenvalue weighted by molar-refractivity contribution is 0.102. The van der Waals surface area contributed by atoms with Crippen LogP contribution in [0.15, 0.2) is 42.7 Å². The topological polar surface area (TPSA) is 83.0 Å². The number of anilines is 2. The number of benzene rings is 1. The van der Waals surface area contributed by atoms with Crippen molar-refractivity contribution in [3.05, 3.63) is 54.1 Å². The number of hydrogen-bond donors (Lipinski definition) is 2. The third kappa shape index (κ3) is 6.21. The molecule has 2 aromatic heterocycles. The zero-order valence-corrected chi connectivity index (χ0v) is 18.9. The van der Waals surface area contributed by atoms with E-state index in [1.54, 1.807) is 6.20 Å². The second-order valence-corrected chi connectivity index (χ2v) is 7.79. The molecule has 1 amide bonds. The highest BCUT2D eigenvalue weighted by Crippen LogP contribution is 2.22. The summed E-state index contributed by atoms with van der Waals surface area (Å²) < 4.78 is 0. The predicted molar refractivity (Wildman–Crippen MR) is 127 cm³/mol. The van der Waals surface area contributed by atoms with Crippen LogP contribution in [0.2, 0.25) is 0 Å². The summed E-state index contributed by atoms with van der Waals surface area (Å²) in [5.41, 5.74) is 2.60. The number of hydrogen-bond acceptors (Lipinski definition) is 6. The quantitative estimate of drug-likeness (QED) is 0.502. The first-order chi connectivity index (χ1) is 15.0. The standard InChI is InChI=1S/C24H32N6O/c1-5-30(6-2)14-8-9-17(3)27-22-16-25-21(15-26-22)24(31)29-20-11-7-10-19-13-12-18(4)28-23(19)20/h7,10-13,15-17H,5-6,8-9,14H2,1-4H3,(H,26,27)(H,29,31). The number of para-hydroxylation sites is 1. The van der Waals surface area contributed by atoms with Gasteiger partial charge in [0.2, 0.25) is 0 Å². The zero-order valence-electron chi connectivity index (χ0n) is 18.9. The van der Waals surface area contributed by atoms with E-state index in [1.165, 1.54) is 6.20 Å². The molecule has 1 atom stereocenters. The smallest absolute Gasteiger partial charge is 0.275 e. The maximum atomic E-state index is 12.7. The molecular formula is C24H32N6O. The van der Waals surface area contributed by atoms with Crippen LogP contribution in [-0.4, -0.2) is 51.4 Å². The van der Waals surface area contributed by atoms with Crippen molar-refractivity contribution in [2.75, 3.05) is 30.3 Å². The Hall–Kier alpha value is -3.06. The molecule has 2 N–H and O–H groups in total. The van der Waals surface area contributed by atoms with Gasteiger partial charge < -0.3 is 15.5 Å². The molecule has 0 aliphatic heterocycles. The molecule has 0 bridgehead atoms. The highest BCUT2D eigenvalue weighted by molar-refractivity contribution is 6.07. The highest BCUT2D eigenvalue weighted by atomic mass is 16.1. The number of carbonyl (C=O) groups is 1. The zero-order chi connectivity index (χ0) is 22.2. The summed E-state index contributed by atoms with van der Waals surface area (Å²) in [5.74, 6) is 0.372. The van der Waals surface area contributed by atoms with E-state index in [0.29, 0.717) is 11.5 Å². The monoisotopic (exact) mass is 420 g/mol. The first-order valence-corrected chi connectivity index (χ1v) is 11.0. The van der Waals surface area contributed by atoms with Crippen LogP contribution in [0.1, 0.15) is 49.8 Å². The van der Waals surface area contributed by atoms with Crippen LogP contribution in [0.25, 0.3) is 10.9 Å². The van der Waals surface area contributed by atoms with E-state index in [2.05, 4.69) is 51.3 Å². The molecule has 0 radical (unpaired) electrons. The van der Waals surface area contributed by atoms with Gasteiger partial charge in [-0.3, -0.25) is 9.78 Å². The van der Waals surface area contributed by atoms with Crippen LogP contribution in [0.4, 0.5) is 11.5 Å². The van der Waals surface area contributed by atoms with Crippen LogP contribution >= 0.6 is 0 Å². The highest BCUT2D eigenvalue weighted by Gasteiger charge is 2.12. The summed E-state index contributed by atoms with van der Waals surface area (Å²) in [7, 11) is 0. The van der Waals surface area contributed by atoms with Crippen LogP contribution < -0.4 is 10.6 Å². The number of nitrogens with zero attached hydrogens (tertiary/aromatic N) is 4. The van der Waals surface area contributed by atoms with Crippen molar-refractivity contribution in [2.24, 2.45) is 0 Å². The minimum absolute atomic E-state index is 0.268. The summed E-state index contributed by atoms with van der Waals surface area (Å²) in [6, 6.07) is 9.95. The number of aromatic nitrogens is 3. The molecule has 0 spiro atoms. The van der Waals surface area contributed by atoms with Gasteiger partial charge in [-0.15, -0.1) is 0 Å². The van der Waals surface area contributed by atoms with Gasteiger partial charge in [-0.25, -0.2) is 9.97 Å². The van der Waals surface area contributed by atoms with Gasteiger partial charge >= 0.3 is 0 Å². The Labute approximate surface area is 184 Å². The van der Waals surface area contributed by atoms with Crippen molar-refractivity contribution >= 4 is 28.3 Å². The van der Waals surface area contributed by atoms with Crippen molar-refractivity contribution in [1.29, 1.82) is 0 Å². The molecule has 164 valence electrons. The maximum Gasteiger partial charge on any atom is 0.275 e. The molecule has 7 nitrogen and oxygen atoms in total. The predicted octanol–water partition coefficient (Wildman–Crippen LogP) is 4.51. The Kier molecular flexibility index (Phi) is 7.89. The Morgan fingerprint density at radius 1 is 1.10 bits per heavy atom. The van der Waals surface area contributed by atoms with Crippen LogP contribution in [0, 0.1) is 6.92 Å². The number of carbonyl (C=O) groups excluding carboxylic acids is 1. The Morgan fingerprint density at radius 3 is 2.61 bits per heavy atom. The van der Waals surface area contributed by atoms with Gasteiger partial charge in [0, 0.05) is 17.1 Å². The van der Waals surface area contributed by atoms with Gasteiger partial charge in [0.25, 0.3) is 5.91 Å². The van der Waals surface area contributed by atoms with Crippen molar-refractivity contribution in [2.45, 2.75) is 46.6 Å². The van der Waals surface area contributed by atoms with E-state index in [0.717, 1.165) is 49.1 Å². The molecule has 0 aliphatic carbocycles. The van der Waals surface area contributed by atoms with Gasteiger partial charge in [-0.2, -0.15) is 0 Å². The number of nitrogens with one attached hydrogen (secondary N) is 2. The number of rotatable bonds is 10. The minimum atomic E-state index is -0.304. The average molecular weight is 421 g/mol. The number of amides is 1. The van der Waals surface area contributed by atoms with E-state index in [4.69, 9.17) is 0 Å². The van der Waals surface area contributed by atoms with Crippen molar-refractivity contribution < 1.29 is 4.79 Å². The first kappa shape index (κ1) is 22.6. The summed E-state index contributed by atoms with van der Waals surface area (Å²) in [4.78, 5) is 28.3. The van der Waals surface area contributed by atoms with Gasteiger partial charge in [0.15, 0.2) is 0 Å². The third-order valence-electron chi connectivity index (χ3n) is 5.39. The lowest BCUT2D eigenvalue weighted by Crippen LogP contribution is -2.25. The van der Waals surface area contributed by atoms with Crippen molar-refractivity contribution in [3.63, 3.8) is 0 Å². The average Bonchev–Trinajstić information content (AvgIpc) is 2.77. The fraction of sp³-hybridized carbons (Fsp3) is 0.417. The Morgan fingerprint density at radius 2 is 1.90 bits per heavy atom. The summed E-state index contributed by atoms with van der Waals surface area (Å²) in [6.07, 6.45) is 5.29. The molecule has 1 unspecified atom stereocenters. The largest absolute Gasteiger partial charge is 0.366 e. The third-order valence-corrected chi connectivity index (χ3v) is 5.39. The molecular weight excluding hydrogens is 388 g/mol. The van der Waals surface area contributed by atoms with Crippen molar-refractivity contribution in [3.8, 4) is 0 Å². The molecule has 31 heavy (non-hydrogen) atoms. The number of aryl methyl sites for hydroxylation is 1.